The number of ether oxygens (including phenoxy) is 1. The maximum Gasteiger partial charge on any atom is 0.191 e. The third-order valence-corrected chi connectivity index (χ3v) is 5.84. The highest BCUT2D eigenvalue weighted by Gasteiger charge is 2.58. The molecule has 2 aromatic rings. The summed E-state index contributed by atoms with van der Waals surface area (Å²) in [5.74, 6) is 1.75. The van der Waals surface area contributed by atoms with Gasteiger partial charge in [0, 0.05) is 44.8 Å². The van der Waals surface area contributed by atoms with Gasteiger partial charge in [-0.3, -0.25) is 9.39 Å². The molecule has 2 heterocycles. The van der Waals surface area contributed by atoms with E-state index in [1.54, 1.807) is 14.2 Å². The van der Waals surface area contributed by atoms with Gasteiger partial charge in [0.25, 0.3) is 0 Å². The first-order valence-corrected chi connectivity index (χ1v) is 8.72. The maximum atomic E-state index is 5.69. The van der Waals surface area contributed by atoms with Crippen molar-refractivity contribution in [2.45, 2.75) is 45.3 Å². The molecule has 1 fully saturated rings. The number of fused-ring (bicyclic) bond motifs is 1. The number of nitrogens with one attached hydrogen (secondary N) is 2. The molecule has 0 aliphatic heterocycles. The van der Waals surface area contributed by atoms with Crippen molar-refractivity contribution < 1.29 is 4.74 Å². The summed E-state index contributed by atoms with van der Waals surface area (Å²) in [4.78, 5) is 4.34. The monoisotopic (exact) mass is 472 g/mol. The highest BCUT2D eigenvalue weighted by Crippen LogP contribution is 2.51. The molecule has 2 unspecified atom stereocenters. The molecule has 0 radical (unpaired) electrons. The first-order valence-electron chi connectivity index (χ1n) is 8.72. The van der Waals surface area contributed by atoms with E-state index in [9.17, 15) is 0 Å². The smallest absolute Gasteiger partial charge is 0.191 e. The van der Waals surface area contributed by atoms with Crippen molar-refractivity contribution in [3.8, 4) is 0 Å². The van der Waals surface area contributed by atoms with Crippen LogP contribution in [-0.4, -0.2) is 52.9 Å². The third-order valence-electron chi connectivity index (χ3n) is 5.84. The van der Waals surface area contributed by atoms with Crippen molar-refractivity contribution in [1.82, 2.24) is 25.2 Å². The molecular formula is C18H29IN6O. The van der Waals surface area contributed by atoms with Crippen LogP contribution in [0.5, 0.6) is 0 Å². The van der Waals surface area contributed by atoms with Gasteiger partial charge in [0.2, 0.25) is 0 Å². The van der Waals surface area contributed by atoms with Crippen molar-refractivity contribution in [2.75, 3.05) is 20.7 Å². The molecule has 0 aromatic carbocycles. The van der Waals surface area contributed by atoms with Gasteiger partial charge >= 0.3 is 0 Å². The van der Waals surface area contributed by atoms with E-state index in [2.05, 4.69) is 46.6 Å². The molecule has 8 heteroatoms. The van der Waals surface area contributed by atoms with Gasteiger partial charge in [-0.1, -0.05) is 19.9 Å². The summed E-state index contributed by atoms with van der Waals surface area (Å²) >= 11 is 0. The second-order valence-electron chi connectivity index (χ2n) is 7.35. The Kier molecular flexibility index (Phi) is 6.49. The van der Waals surface area contributed by atoms with Gasteiger partial charge in [-0.2, -0.15) is 0 Å². The summed E-state index contributed by atoms with van der Waals surface area (Å²) in [5.41, 5.74) is 0.821. The normalized spacial score (nSPS) is 24.7. The second kappa shape index (κ2) is 8.08. The first kappa shape index (κ1) is 20.9. The number of aliphatic imine (C=N–C) groups is 1. The van der Waals surface area contributed by atoms with E-state index in [1.807, 2.05) is 28.8 Å². The molecule has 1 aliphatic carbocycles. The van der Waals surface area contributed by atoms with Crippen LogP contribution in [0, 0.1) is 5.41 Å². The molecule has 7 nitrogen and oxygen atoms in total. The number of methoxy groups -OCH3 is 1. The quantitative estimate of drug-likeness (QED) is 0.397. The van der Waals surface area contributed by atoms with Crippen molar-refractivity contribution in [3.05, 3.63) is 30.2 Å². The average Bonchev–Trinajstić information content (AvgIpc) is 3.03. The summed E-state index contributed by atoms with van der Waals surface area (Å²) in [7, 11) is 3.58. The van der Waals surface area contributed by atoms with E-state index in [4.69, 9.17) is 4.74 Å². The molecule has 0 spiro atoms. The molecule has 0 saturated heterocycles. The van der Waals surface area contributed by atoms with Gasteiger partial charge in [-0.25, -0.2) is 0 Å². The topological polar surface area (TPSA) is 75.8 Å². The van der Waals surface area contributed by atoms with Crippen LogP contribution in [0.3, 0.4) is 0 Å². The standard InChI is InChI=1S/C18H28N6O.HI/c1-17(2)13(12-18(17,3)25-5)21-16(19-4)20-10-9-15-23-22-14-8-6-7-11-24(14)15;/h6-8,11,13H,9-10,12H2,1-5H3,(H2,19,20,21);1H. The minimum absolute atomic E-state index is 0. The Morgan fingerprint density at radius 1 is 1.35 bits per heavy atom. The molecule has 2 aromatic heterocycles. The second-order valence-corrected chi connectivity index (χ2v) is 7.35. The summed E-state index contributed by atoms with van der Waals surface area (Å²) in [5, 5.41) is 15.3. The van der Waals surface area contributed by atoms with Gasteiger partial charge < -0.3 is 15.4 Å². The van der Waals surface area contributed by atoms with Gasteiger partial charge in [0.05, 0.1) is 5.60 Å². The molecule has 2 N–H and O–H groups in total. The maximum absolute atomic E-state index is 5.69. The summed E-state index contributed by atoms with van der Waals surface area (Å²) in [6.45, 7) is 7.36. The van der Waals surface area contributed by atoms with E-state index in [0.717, 1.165) is 36.8 Å². The first-order chi connectivity index (χ1) is 11.9. The SMILES string of the molecule is CN=C(NCCc1nnc2ccccn12)NC1CC(C)(OC)C1(C)C.I. The van der Waals surface area contributed by atoms with Crippen LogP contribution in [0.2, 0.25) is 0 Å². The number of aromatic nitrogens is 3. The van der Waals surface area contributed by atoms with Crippen LogP contribution in [-0.2, 0) is 11.2 Å². The number of halogens is 1. The fraction of sp³-hybridized carbons (Fsp3) is 0.611. The van der Waals surface area contributed by atoms with E-state index < -0.39 is 0 Å². The van der Waals surface area contributed by atoms with E-state index in [-0.39, 0.29) is 35.0 Å². The van der Waals surface area contributed by atoms with Crippen LogP contribution < -0.4 is 10.6 Å². The van der Waals surface area contributed by atoms with Crippen LogP contribution in [0.25, 0.3) is 5.65 Å². The van der Waals surface area contributed by atoms with Crippen molar-refractivity contribution in [1.29, 1.82) is 0 Å². The largest absolute Gasteiger partial charge is 0.378 e. The zero-order chi connectivity index (χ0) is 18.1. The number of rotatable bonds is 5. The Balaban J connectivity index is 0.00000243. The summed E-state index contributed by atoms with van der Waals surface area (Å²) in [6.07, 6.45) is 3.72. The van der Waals surface area contributed by atoms with Gasteiger partial charge in [0.1, 0.15) is 5.82 Å². The Bertz CT molecular complexity index is 774. The van der Waals surface area contributed by atoms with E-state index in [1.165, 1.54) is 0 Å². The lowest BCUT2D eigenvalue weighted by Crippen LogP contribution is -2.69. The van der Waals surface area contributed by atoms with Crippen LogP contribution >= 0.6 is 24.0 Å². The van der Waals surface area contributed by atoms with Crippen LogP contribution in [0.1, 0.15) is 33.0 Å². The molecule has 0 bridgehead atoms. The molecule has 1 saturated carbocycles. The minimum Gasteiger partial charge on any atom is -0.378 e. The summed E-state index contributed by atoms with van der Waals surface area (Å²) in [6, 6.07) is 6.23. The van der Waals surface area contributed by atoms with Gasteiger partial charge in [0.15, 0.2) is 11.6 Å². The molecular weight excluding hydrogens is 443 g/mol. The number of nitrogens with zero attached hydrogens (tertiary/aromatic N) is 4. The lowest BCUT2D eigenvalue weighted by Gasteiger charge is -2.59. The summed E-state index contributed by atoms with van der Waals surface area (Å²) < 4.78 is 7.70. The highest BCUT2D eigenvalue weighted by atomic mass is 127. The molecule has 3 rings (SSSR count). The lowest BCUT2D eigenvalue weighted by atomic mass is 9.56. The zero-order valence-corrected chi connectivity index (χ0v) is 18.4. The highest BCUT2D eigenvalue weighted by molar-refractivity contribution is 14.0. The number of pyridine rings is 1. The fourth-order valence-electron chi connectivity index (χ4n) is 3.44. The number of hydrogen-bond acceptors (Lipinski definition) is 4. The molecule has 0 amide bonds. The van der Waals surface area contributed by atoms with Crippen LogP contribution in [0.15, 0.2) is 29.4 Å². The Hall–Kier alpha value is -1.42. The predicted octanol–water partition coefficient (Wildman–Crippen LogP) is 2.26. The van der Waals surface area contributed by atoms with Crippen molar-refractivity contribution >= 4 is 35.6 Å². The Morgan fingerprint density at radius 2 is 2.12 bits per heavy atom. The van der Waals surface area contributed by atoms with E-state index >= 15 is 0 Å². The lowest BCUT2D eigenvalue weighted by molar-refractivity contribution is -0.176. The van der Waals surface area contributed by atoms with Crippen LogP contribution in [0.4, 0.5) is 0 Å². The van der Waals surface area contributed by atoms with Crippen molar-refractivity contribution in [2.24, 2.45) is 10.4 Å². The number of guanidine groups is 1. The van der Waals surface area contributed by atoms with Crippen molar-refractivity contribution in [3.63, 3.8) is 0 Å². The van der Waals surface area contributed by atoms with E-state index in [0.29, 0.717) is 6.04 Å². The number of hydrogen-bond donors (Lipinski definition) is 2. The Labute approximate surface area is 172 Å². The fourth-order valence-corrected chi connectivity index (χ4v) is 3.44. The molecule has 144 valence electrons. The average molecular weight is 472 g/mol. The molecule has 2 atom stereocenters. The Morgan fingerprint density at radius 3 is 2.77 bits per heavy atom. The minimum atomic E-state index is -0.0933. The zero-order valence-electron chi connectivity index (χ0n) is 16.1. The molecule has 26 heavy (non-hydrogen) atoms. The predicted molar refractivity (Wildman–Crippen MR) is 114 cm³/mol. The molecule has 1 aliphatic rings. The van der Waals surface area contributed by atoms with Gasteiger partial charge in [-0.15, -0.1) is 34.2 Å². The third kappa shape index (κ3) is 3.66. The van der Waals surface area contributed by atoms with Gasteiger partial charge in [-0.05, 0) is 25.5 Å².